The van der Waals surface area contributed by atoms with Gasteiger partial charge >= 0.3 is 0 Å². The molecule has 20 heavy (non-hydrogen) atoms. The van der Waals surface area contributed by atoms with Crippen molar-refractivity contribution in [3.8, 4) is 5.75 Å². The fourth-order valence-corrected chi connectivity index (χ4v) is 2.16. The molecule has 0 aromatic heterocycles. The first-order valence-electron chi connectivity index (χ1n) is 7.63. The van der Waals surface area contributed by atoms with E-state index in [1.807, 2.05) is 0 Å². The van der Waals surface area contributed by atoms with Gasteiger partial charge in [0.1, 0.15) is 5.75 Å². The molecule has 0 heterocycles. The van der Waals surface area contributed by atoms with Crippen LogP contribution in [0, 0.1) is 11.3 Å². The van der Waals surface area contributed by atoms with E-state index in [9.17, 15) is 0 Å². The normalized spacial score (nSPS) is 18.6. The van der Waals surface area contributed by atoms with Crippen LogP contribution in [0.5, 0.6) is 5.75 Å². The second-order valence-corrected chi connectivity index (χ2v) is 7.11. The molecule has 3 heteroatoms. The molecule has 0 saturated heterocycles. The van der Waals surface area contributed by atoms with E-state index in [0.717, 1.165) is 12.2 Å². The van der Waals surface area contributed by atoms with Gasteiger partial charge in [-0.2, -0.15) is 0 Å². The summed E-state index contributed by atoms with van der Waals surface area (Å²) in [4.78, 5) is 0. The summed E-state index contributed by atoms with van der Waals surface area (Å²) in [6.07, 6.45) is 3.86. The van der Waals surface area contributed by atoms with Crippen molar-refractivity contribution < 1.29 is 4.74 Å². The minimum Gasteiger partial charge on any atom is -0.490 e. The first-order chi connectivity index (χ1) is 9.40. The number of benzene rings is 1. The third-order valence-corrected chi connectivity index (χ3v) is 4.38. The Hall–Kier alpha value is -1.06. The molecule has 2 unspecified atom stereocenters. The Morgan fingerprint density at radius 2 is 1.85 bits per heavy atom. The van der Waals surface area contributed by atoms with Crippen molar-refractivity contribution >= 4 is 0 Å². The van der Waals surface area contributed by atoms with Crippen LogP contribution in [0.3, 0.4) is 0 Å². The van der Waals surface area contributed by atoms with E-state index in [0.29, 0.717) is 17.4 Å². The molecule has 0 amide bonds. The van der Waals surface area contributed by atoms with E-state index in [2.05, 4.69) is 57.4 Å². The van der Waals surface area contributed by atoms with Gasteiger partial charge in [0.2, 0.25) is 0 Å². The SMILES string of the molecule is CC(CC(NN)c1ccc(OC2CC2)cc1)C(C)(C)C. The van der Waals surface area contributed by atoms with Crippen LogP contribution in [0.15, 0.2) is 24.3 Å². The van der Waals surface area contributed by atoms with Gasteiger partial charge in [-0.05, 0) is 48.3 Å². The molecule has 112 valence electrons. The number of hydrogen-bond acceptors (Lipinski definition) is 3. The van der Waals surface area contributed by atoms with Crippen LogP contribution in [0.2, 0.25) is 0 Å². The first-order valence-corrected chi connectivity index (χ1v) is 7.63. The topological polar surface area (TPSA) is 47.3 Å². The molecule has 1 aromatic rings. The zero-order chi connectivity index (χ0) is 14.8. The van der Waals surface area contributed by atoms with Gasteiger partial charge in [-0.3, -0.25) is 11.3 Å². The van der Waals surface area contributed by atoms with E-state index in [4.69, 9.17) is 10.6 Å². The predicted molar refractivity (Wildman–Crippen MR) is 83.4 cm³/mol. The largest absolute Gasteiger partial charge is 0.490 e. The minimum absolute atomic E-state index is 0.194. The molecule has 0 radical (unpaired) electrons. The molecule has 0 aliphatic heterocycles. The number of rotatable bonds is 6. The van der Waals surface area contributed by atoms with Gasteiger partial charge in [0, 0.05) is 6.04 Å². The van der Waals surface area contributed by atoms with Gasteiger partial charge in [-0.15, -0.1) is 0 Å². The molecule has 2 atom stereocenters. The fourth-order valence-electron chi connectivity index (χ4n) is 2.16. The van der Waals surface area contributed by atoms with E-state index in [1.165, 1.54) is 18.4 Å². The Kier molecular flexibility index (Phi) is 4.71. The van der Waals surface area contributed by atoms with E-state index >= 15 is 0 Å². The van der Waals surface area contributed by atoms with Gasteiger partial charge in [0.25, 0.3) is 0 Å². The third kappa shape index (κ3) is 4.22. The lowest BCUT2D eigenvalue weighted by Crippen LogP contribution is -2.31. The summed E-state index contributed by atoms with van der Waals surface area (Å²) in [7, 11) is 0. The van der Waals surface area contributed by atoms with Crippen LogP contribution in [0.25, 0.3) is 0 Å². The standard InChI is InChI=1S/C17H28N2O/c1-12(17(2,3)4)11-16(19-18)13-5-7-14(8-6-13)20-15-9-10-15/h5-8,12,15-16,19H,9-11,18H2,1-4H3. The minimum atomic E-state index is 0.194. The van der Waals surface area contributed by atoms with Crippen LogP contribution in [-0.4, -0.2) is 6.10 Å². The molecule has 1 aromatic carbocycles. The maximum absolute atomic E-state index is 5.78. The zero-order valence-electron chi connectivity index (χ0n) is 13.1. The molecule has 1 saturated carbocycles. The number of nitrogens with one attached hydrogen (secondary N) is 1. The summed E-state index contributed by atoms with van der Waals surface area (Å²) in [5.41, 5.74) is 4.48. The summed E-state index contributed by atoms with van der Waals surface area (Å²) < 4.78 is 5.78. The van der Waals surface area contributed by atoms with Gasteiger partial charge in [-0.1, -0.05) is 39.8 Å². The maximum atomic E-state index is 5.78. The summed E-state index contributed by atoms with van der Waals surface area (Å²) in [6.45, 7) is 9.11. The average molecular weight is 276 g/mol. The fraction of sp³-hybridized carbons (Fsp3) is 0.647. The monoisotopic (exact) mass is 276 g/mol. The lowest BCUT2D eigenvalue weighted by Gasteiger charge is -2.30. The van der Waals surface area contributed by atoms with Crippen LogP contribution in [0.1, 0.15) is 58.6 Å². The predicted octanol–water partition coefficient (Wildman–Crippen LogP) is 3.80. The highest BCUT2D eigenvalue weighted by Crippen LogP contribution is 2.34. The van der Waals surface area contributed by atoms with Crippen molar-refractivity contribution in [1.29, 1.82) is 0 Å². The summed E-state index contributed by atoms with van der Waals surface area (Å²) in [5, 5.41) is 0. The van der Waals surface area contributed by atoms with Crippen molar-refractivity contribution in [1.82, 2.24) is 5.43 Å². The Balaban J connectivity index is 1.99. The van der Waals surface area contributed by atoms with Crippen LogP contribution in [0.4, 0.5) is 0 Å². The van der Waals surface area contributed by atoms with Crippen LogP contribution in [-0.2, 0) is 0 Å². The molecule has 3 nitrogen and oxygen atoms in total. The van der Waals surface area contributed by atoms with Gasteiger partial charge in [-0.25, -0.2) is 0 Å². The molecule has 2 rings (SSSR count). The van der Waals surface area contributed by atoms with Gasteiger partial charge < -0.3 is 4.74 Å². The van der Waals surface area contributed by atoms with Gasteiger partial charge in [0.15, 0.2) is 0 Å². The summed E-state index contributed by atoms with van der Waals surface area (Å²) in [5.74, 6) is 7.30. The van der Waals surface area contributed by atoms with Crippen LogP contribution >= 0.6 is 0 Å². The van der Waals surface area contributed by atoms with Gasteiger partial charge in [0.05, 0.1) is 6.10 Å². The molecule has 1 aliphatic carbocycles. The van der Waals surface area contributed by atoms with E-state index < -0.39 is 0 Å². The van der Waals surface area contributed by atoms with Crippen molar-refractivity contribution in [2.45, 2.75) is 59.1 Å². The Labute approximate surface area is 122 Å². The number of nitrogens with two attached hydrogens (primary N) is 1. The van der Waals surface area contributed by atoms with E-state index in [-0.39, 0.29) is 6.04 Å². The zero-order valence-corrected chi connectivity index (χ0v) is 13.1. The molecular formula is C17H28N2O. The smallest absolute Gasteiger partial charge is 0.119 e. The Morgan fingerprint density at radius 1 is 1.25 bits per heavy atom. The molecule has 1 fully saturated rings. The van der Waals surface area contributed by atoms with Crippen molar-refractivity contribution in [3.05, 3.63) is 29.8 Å². The molecular weight excluding hydrogens is 248 g/mol. The molecule has 3 N–H and O–H groups in total. The average Bonchev–Trinajstić information content (AvgIpc) is 3.19. The second kappa shape index (κ2) is 6.15. The Bertz CT molecular complexity index is 418. The van der Waals surface area contributed by atoms with Crippen molar-refractivity contribution in [2.75, 3.05) is 0 Å². The second-order valence-electron chi connectivity index (χ2n) is 7.11. The number of hydrogen-bond donors (Lipinski definition) is 2. The highest BCUT2D eigenvalue weighted by atomic mass is 16.5. The first kappa shape index (κ1) is 15.3. The highest BCUT2D eigenvalue weighted by molar-refractivity contribution is 5.29. The highest BCUT2D eigenvalue weighted by Gasteiger charge is 2.25. The maximum Gasteiger partial charge on any atom is 0.119 e. The lowest BCUT2D eigenvalue weighted by atomic mass is 9.77. The Morgan fingerprint density at radius 3 is 2.30 bits per heavy atom. The molecule has 0 spiro atoms. The number of hydrazine groups is 1. The summed E-state index contributed by atoms with van der Waals surface area (Å²) in [6, 6.07) is 8.55. The lowest BCUT2D eigenvalue weighted by molar-refractivity contribution is 0.223. The molecule has 0 bridgehead atoms. The summed E-state index contributed by atoms with van der Waals surface area (Å²) >= 11 is 0. The van der Waals surface area contributed by atoms with Crippen LogP contribution < -0.4 is 16.0 Å². The molecule has 1 aliphatic rings. The van der Waals surface area contributed by atoms with E-state index in [1.54, 1.807) is 0 Å². The quantitative estimate of drug-likeness (QED) is 0.613. The number of ether oxygens (including phenoxy) is 1. The van der Waals surface area contributed by atoms with Crippen molar-refractivity contribution in [2.24, 2.45) is 17.2 Å². The third-order valence-electron chi connectivity index (χ3n) is 4.38. The van der Waals surface area contributed by atoms with Crippen molar-refractivity contribution in [3.63, 3.8) is 0 Å².